The first-order valence-electron chi connectivity index (χ1n) is 5.22. The van der Waals surface area contributed by atoms with Crippen molar-refractivity contribution in [3.05, 3.63) is 24.2 Å². The van der Waals surface area contributed by atoms with Crippen LogP contribution in [-0.4, -0.2) is 25.6 Å². The van der Waals surface area contributed by atoms with Gasteiger partial charge in [-0.3, -0.25) is 4.99 Å². The normalized spacial score (nSPS) is 11.9. The summed E-state index contributed by atoms with van der Waals surface area (Å²) in [6.07, 6.45) is 2.56. The molecule has 0 aromatic carbocycles. The maximum absolute atomic E-state index is 5.23. The van der Waals surface area contributed by atoms with Gasteiger partial charge in [0, 0.05) is 26.1 Å². The lowest BCUT2D eigenvalue weighted by molar-refractivity contribution is 0.506. The van der Waals surface area contributed by atoms with E-state index in [0.29, 0.717) is 6.04 Å². The summed E-state index contributed by atoms with van der Waals surface area (Å²) >= 11 is 0. The Morgan fingerprint density at radius 2 is 2.33 bits per heavy atom. The molecule has 0 aliphatic rings. The first-order chi connectivity index (χ1) is 7.22. The summed E-state index contributed by atoms with van der Waals surface area (Å²) in [4.78, 5) is 4.11. The van der Waals surface area contributed by atoms with E-state index in [9.17, 15) is 0 Å². The fourth-order valence-corrected chi connectivity index (χ4v) is 1.23. The zero-order valence-electron chi connectivity index (χ0n) is 9.58. The van der Waals surface area contributed by atoms with Crippen LogP contribution in [0.5, 0.6) is 0 Å². The van der Waals surface area contributed by atoms with Crippen molar-refractivity contribution in [2.75, 3.05) is 13.6 Å². The van der Waals surface area contributed by atoms with E-state index in [-0.39, 0.29) is 0 Å². The molecule has 0 amide bonds. The molecule has 0 aliphatic heterocycles. The second-order valence-corrected chi connectivity index (χ2v) is 3.63. The molecule has 0 bridgehead atoms. The van der Waals surface area contributed by atoms with Gasteiger partial charge < -0.3 is 15.1 Å². The minimum atomic E-state index is 0.389. The Hall–Kier alpha value is -1.45. The molecule has 0 spiro atoms. The van der Waals surface area contributed by atoms with Gasteiger partial charge >= 0.3 is 0 Å². The molecule has 0 unspecified atom stereocenters. The minimum Gasteiger partial charge on any atom is -0.469 e. The van der Waals surface area contributed by atoms with Gasteiger partial charge in [0.25, 0.3) is 0 Å². The van der Waals surface area contributed by atoms with Crippen LogP contribution in [-0.2, 0) is 6.42 Å². The lowest BCUT2D eigenvalue weighted by atomic mass is 10.3. The topological polar surface area (TPSA) is 49.6 Å². The van der Waals surface area contributed by atoms with Gasteiger partial charge in [0.15, 0.2) is 5.96 Å². The average Bonchev–Trinajstić information content (AvgIpc) is 2.68. The van der Waals surface area contributed by atoms with Gasteiger partial charge in [-0.2, -0.15) is 0 Å². The Kier molecular flexibility index (Phi) is 4.74. The van der Waals surface area contributed by atoms with E-state index in [1.807, 2.05) is 12.1 Å². The van der Waals surface area contributed by atoms with Crippen LogP contribution < -0.4 is 10.6 Å². The predicted octanol–water partition coefficient (Wildman–Crippen LogP) is 1.40. The lowest BCUT2D eigenvalue weighted by Gasteiger charge is -2.13. The summed E-state index contributed by atoms with van der Waals surface area (Å²) in [5.74, 6) is 1.82. The Bertz CT molecular complexity index is 291. The maximum Gasteiger partial charge on any atom is 0.191 e. The summed E-state index contributed by atoms with van der Waals surface area (Å²) in [5, 5.41) is 6.44. The number of rotatable bonds is 4. The van der Waals surface area contributed by atoms with Crippen LogP contribution in [0, 0.1) is 0 Å². The summed E-state index contributed by atoms with van der Waals surface area (Å²) < 4.78 is 5.23. The van der Waals surface area contributed by atoms with Gasteiger partial charge in [0.1, 0.15) is 5.76 Å². The Morgan fingerprint density at radius 1 is 1.53 bits per heavy atom. The first-order valence-corrected chi connectivity index (χ1v) is 5.22. The fraction of sp³-hybridized carbons (Fsp3) is 0.545. The summed E-state index contributed by atoms with van der Waals surface area (Å²) in [5.41, 5.74) is 0. The quantitative estimate of drug-likeness (QED) is 0.582. The van der Waals surface area contributed by atoms with Crippen molar-refractivity contribution in [2.45, 2.75) is 26.3 Å². The van der Waals surface area contributed by atoms with E-state index < -0.39 is 0 Å². The van der Waals surface area contributed by atoms with E-state index in [1.54, 1.807) is 13.3 Å². The van der Waals surface area contributed by atoms with Crippen LogP contribution in [0.15, 0.2) is 27.8 Å². The first kappa shape index (κ1) is 11.6. The van der Waals surface area contributed by atoms with Crippen molar-refractivity contribution in [2.24, 2.45) is 4.99 Å². The number of hydrogen-bond acceptors (Lipinski definition) is 2. The molecule has 1 aromatic rings. The molecule has 4 nitrogen and oxygen atoms in total. The third kappa shape index (κ3) is 4.54. The average molecular weight is 209 g/mol. The smallest absolute Gasteiger partial charge is 0.191 e. The van der Waals surface area contributed by atoms with Gasteiger partial charge in [0.2, 0.25) is 0 Å². The zero-order chi connectivity index (χ0) is 11.1. The van der Waals surface area contributed by atoms with Crippen molar-refractivity contribution >= 4 is 5.96 Å². The van der Waals surface area contributed by atoms with Gasteiger partial charge in [-0.1, -0.05) is 0 Å². The Labute approximate surface area is 90.8 Å². The molecule has 0 radical (unpaired) electrons. The molecule has 0 fully saturated rings. The molecule has 0 saturated heterocycles. The molecule has 2 N–H and O–H groups in total. The Balaban J connectivity index is 2.23. The molecule has 4 heteroatoms. The summed E-state index contributed by atoms with van der Waals surface area (Å²) in [7, 11) is 1.77. The number of hydrogen-bond donors (Lipinski definition) is 2. The summed E-state index contributed by atoms with van der Waals surface area (Å²) in [6.45, 7) is 4.98. The van der Waals surface area contributed by atoms with Crippen LogP contribution >= 0.6 is 0 Å². The number of nitrogens with one attached hydrogen (secondary N) is 2. The van der Waals surface area contributed by atoms with Gasteiger partial charge in [-0.25, -0.2) is 0 Å². The molecular weight excluding hydrogens is 190 g/mol. The molecule has 1 rings (SSSR count). The second kappa shape index (κ2) is 6.11. The monoisotopic (exact) mass is 209 g/mol. The number of aliphatic imine (C=N–C) groups is 1. The van der Waals surface area contributed by atoms with Crippen molar-refractivity contribution in [3.63, 3.8) is 0 Å². The number of nitrogens with zero attached hydrogens (tertiary/aromatic N) is 1. The molecular formula is C11H19N3O. The van der Waals surface area contributed by atoms with Crippen LogP contribution in [0.1, 0.15) is 19.6 Å². The second-order valence-electron chi connectivity index (χ2n) is 3.63. The highest BCUT2D eigenvalue weighted by molar-refractivity contribution is 5.79. The van der Waals surface area contributed by atoms with Crippen LogP contribution in [0.25, 0.3) is 0 Å². The molecule has 1 heterocycles. The molecule has 84 valence electrons. The molecule has 0 aliphatic carbocycles. The van der Waals surface area contributed by atoms with Crippen LogP contribution in [0.2, 0.25) is 0 Å². The van der Waals surface area contributed by atoms with E-state index in [4.69, 9.17) is 4.42 Å². The van der Waals surface area contributed by atoms with Crippen molar-refractivity contribution < 1.29 is 4.42 Å². The van der Waals surface area contributed by atoms with E-state index in [1.165, 1.54) is 0 Å². The van der Waals surface area contributed by atoms with E-state index >= 15 is 0 Å². The minimum absolute atomic E-state index is 0.389. The maximum atomic E-state index is 5.23. The molecule has 1 aromatic heterocycles. The van der Waals surface area contributed by atoms with Crippen molar-refractivity contribution in [3.8, 4) is 0 Å². The van der Waals surface area contributed by atoms with Gasteiger partial charge in [0.05, 0.1) is 6.26 Å². The largest absolute Gasteiger partial charge is 0.469 e. The third-order valence-corrected chi connectivity index (χ3v) is 1.89. The van der Waals surface area contributed by atoms with Crippen LogP contribution in [0.4, 0.5) is 0 Å². The predicted molar refractivity (Wildman–Crippen MR) is 62.0 cm³/mol. The number of furan rings is 1. The van der Waals surface area contributed by atoms with Crippen molar-refractivity contribution in [1.82, 2.24) is 10.6 Å². The van der Waals surface area contributed by atoms with Crippen LogP contribution in [0.3, 0.4) is 0 Å². The Morgan fingerprint density at radius 3 is 2.87 bits per heavy atom. The fourth-order valence-electron chi connectivity index (χ4n) is 1.23. The van der Waals surface area contributed by atoms with E-state index in [0.717, 1.165) is 24.7 Å². The zero-order valence-corrected chi connectivity index (χ0v) is 9.58. The van der Waals surface area contributed by atoms with Crippen molar-refractivity contribution in [1.29, 1.82) is 0 Å². The summed E-state index contributed by atoms with van der Waals surface area (Å²) in [6, 6.07) is 4.26. The third-order valence-electron chi connectivity index (χ3n) is 1.89. The van der Waals surface area contributed by atoms with Gasteiger partial charge in [-0.15, -0.1) is 0 Å². The highest BCUT2D eigenvalue weighted by Gasteiger charge is 2.00. The molecule has 15 heavy (non-hydrogen) atoms. The molecule has 0 saturated carbocycles. The lowest BCUT2D eigenvalue weighted by Crippen LogP contribution is -2.41. The highest BCUT2D eigenvalue weighted by atomic mass is 16.3. The van der Waals surface area contributed by atoms with Gasteiger partial charge in [-0.05, 0) is 26.0 Å². The van der Waals surface area contributed by atoms with E-state index in [2.05, 4.69) is 29.5 Å². The standard InChI is InChI=1S/C11H19N3O/c1-9(2)14-11(12-3)13-7-6-10-5-4-8-15-10/h4-5,8-9H,6-7H2,1-3H3,(H2,12,13,14). The SMILES string of the molecule is CN=C(NCCc1ccco1)NC(C)C. The highest BCUT2D eigenvalue weighted by Crippen LogP contribution is 1.99. The number of guanidine groups is 1. The molecule has 0 atom stereocenters.